The Kier molecular flexibility index (Phi) is 3.94. The van der Waals surface area contributed by atoms with Crippen molar-refractivity contribution in [2.45, 2.75) is 6.92 Å². The Labute approximate surface area is 86.1 Å². The molecule has 0 aliphatic carbocycles. The summed E-state index contributed by atoms with van der Waals surface area (Å²) in [7, 11) is 1.07. The zero-order valence-electron chi connectivity index (χ0n) is 8.49. The Hall–Kier alpha value is -1.04. The van der Waals surface area contributed by atoms with Gasteiger partial charge in [0, 0.05) is 42.1 Å². The Morgan fingerprint density at radius 2 is 2.43 bits per heavy atom. The monoisotopic (exact) mass is 216 g/mol. The van der Waals surface area contributed by atoms with E-state index in [1.807, 2.05) is 14.0 Å². The number of nitrogens with two attached hydrogens (primary N) is 1. The van der Waals surface area contributed by atoms with E-state index in [4.69, 9.17) is 5.73 Å². The maximum Gasteiger partial charge on any atom is 0.171 e. The summed E-state index contributed by atoms with van der Waals surface area (Å²) < 4.78 is 12.8. The smallest absolute Gasteiger partial charge is 0.171 e. The third-order valence-corrected chi connectivity index (χ3v) is 3.10. The van der Waals surface area contributed by atoms with Gasteiger partial charge >= 0.3 is 0 Å². The quantitative estimate of drug-likeness (QED) is 0.736. The average Bonchev–Trinajstić information content (AvgIpc) is 2.45. The molecule has 5 nitrogen and oxygen atoms in total. The molecule has 0 fully saturated rings. The average molecular weight is 216 g/mol. The zero-order chi connectivity index (χ0) is 10.6. The summed E-state index contributed by atoms with van der Waals surface area (Å²) in [5.41, 5.74) is 6.29. The van der Waals surface area contributed by atoms with Gasteiger partial charge in [0.2, 0.25) is 0 Å². The lowest BCUT2D eigenvalue weighted by molar-refractivity contribution is 0.684. The second-order valence-electron chi connectivity index (χ2n) is 2.97. The fraction of sp³-hybridized carbons (Fsp3) is 0.625. The van der Waals surface area contributed by atoms with Gasteiger partial charge in [0.05, 0.1) is 5.69 Å². The van der Waals surface area contributed by atoms with Crippen molar-refractivity contribution in [2.75, 3.05) is 29.1 Å². The third kappa shape index (κ3) is 3.02. The van der Waals surface area contributed by atoms with Crippen molar-refractivity contribution >= 4 is 22.3 Å². The molecule has 0 amide bonds. The van der Waals surface area contributed by atoms with E-state index in [2.05, 4.69) is 10.4 Å². The van der Waals surface area contributed by atoms with Crippen molar-refractivity contribution < 1.29 is 4.21 Å². The molecular formula is C8H16N4OS. The number of rotatable bonds is 5. The summed E-state index contributed by atoms with van der Waals surface area (Å²) in [6, 6.07) is 0. The van der Waals surface area contributed by atoms with E-state index >= 15 is 0 Å². The van der Waals surface area contributed by atoms with Crippen LogP contribution in [0.15, 0.2) is 6.20 Å². The SMILES string of the molecule is CCS(=O)CCNc1nn(C)cc1N. The molecule has 1 heterocycles. The molecule has 6 heteroatoms. The number of aryl methyl sites for hydroxylation is 1. The predicted octanol–water partition coefficient (Wildman–Crippen LogP) is 0.183. The van der Waals surface area contributed by atoms with E-state index in [-0.39, 0.29) is 0 Å². The van der Waals surface area contributed by atoms with Crippen LogP contribution in [0.25, 0.3) is 0 Å². The van der Waals surface area contributed by atoms with E-state index in [0.717, 1.165) is 0 Å². The van der Waals surface area contributed by atoms with Crippen LogP contribution >= 0.6 is 0 Å². The molecule has 14 heavy (non-hydrogen) atoms. The van der Waals surface area contributed by atoms with Gasteiger partial charge in [0.15, 0.2) is 5.82 Å². The molecule has 3 N–H and O–H groups in total. The first-order valence-corrected chi connectivity index (χ1v) is 6.00. The van der Waals surface area contributed by atoms with Gasteiger partial charge in [-0.15, -0.1) is 0 Å². The third-order valence-electron chi connectivity index (χ3n) is 1.80. The number of nitrogens with one attached hydrogen (secondary N) is 1. The fourth-order valence-electron chi connectivity index (χ4n) is 1.07. The van der Waals surface area contributed by atoms with Gasteiger partial charge in [-0.3, -0.25) is 8.89 Å². The molecule has 1 aromatic heterocycles. The molecule has 80 valence electrons. The number of aromatic nitrogens is 2. The summed E-state index contributed by atoms with van der Waals surface area (Å²) in [4.78, 5) is 0. The van der Waals surface area contributed by atoms with Crippen LogP contribution in [-0.4, -0.2) is 32.0 Å². The van der Waals surface area contributed by atoms with E-state index in [1.165, 1.54) is 0 Å². The standard InChI is InChI=1S/C8H16N4OS/c1-3-14(13)5-4-10-8-7(9)6-12(2)11-8/h6H,3-5,9H2,1-2H3,(H,10,11). The molecule has 1 rings (SSSR count). The van der Waals surface area contributed by atoms with E-state index in [0.29, 0.717) is 29.6 Å². The first-order chi connectivity index (χ1) is 6.63. The summed E-state index contributed by atoms with van der Waals surface area (Å²) >= 11 is 0. The first-order valence-electron chi connectivity index (χ1n) is 4.51. The summed E-state index contributed by atoms with van der Waals surface area (Å²) in [5, 5.41) is 7.16. The Bertz CT molecular complexity index is 323. The lowest BCUT2D eigenvalue weighted by Gasteiger charge is -2.02. The zero-order valence-corrected chi connectivity index (χ0v) is 9.30. The number of nitrogen functional groups attached to an aromatic ring is 1. The van der Waals surface area contributed by atoms with Crippen molar-refractivity contribution in [1.82, 2.24) is 9.78 Å². The molecule has 0 spiro atoms. The number of anilines is 2. The molecule has 0 saturated carbocycles. The van der Waals surface area contributed by atoms with Crippen LogP contribution in [0.2, 0.25) is 0 Å². The van der Waals surface area contributed by atoms with Gasteiger partial charge in [-0.25, -0.2) is 0 Å². The van der Waals surface area contributed by atoms with Crippen LogP contribution < -0.4 is 11.1 Å². The van der Waals surface area contributed by atoms with Crippen LogP contribution in [-0.2, 0) is 17.8 Å². The molecule has 0 bridgehead atoms. The summed E-state index contributed by atoms with van der Waals surface area (Å²) in [6.45, 7) is 2.55. The highest BCUT2D eigenvalue weighted by Crippen LogP contribution is 2.13. The van der Waals surface area contributed by atoms with Gasteiger partial charge in [-0.1, -0.05) is 6.92 Å². The second-order valence-corrected chi connectivity index (χ2v) is 4.83. The highest BCUT2D eigenvalue weighted by Gasteiger charge is 2.03. The molecule has 0 aromatic carbocycles. The lowest BCUT2D eigenvalue weighted by atomic mass is 10.5. The predicted molar refractivity (Wildman–Crippen MR) is 59.7 cm³/mol. The summed E-state index contributed by atoms with van der Waals surface area (Å²) in [5.74, 6) is 1.99. The van der Waals surface area contributed by atoms with E-state index in [9.17, 15) is 4.21 Å². The minimum absolute atomic E-state index is 0.620. The van der Waals surface area contributed by atoms with Gasteiger partial charge in [0.1, 0.15) is 0 Å². The van der Waals surface area contributed by atoms with Crippen LogP contribution in [0.1, 0.15) is 6.92 Å². The molecule has 1 unspecified atom stereocenters. The molecule has 0 aliphatic rings. The molecular weight excluding hydrogens is 200 g/mol. The van der Waals surface area contributed by atoms with Gasteiger partial charge < -0.3 is 11.1 Å². The minimum atomic E-state index is -0.738. The molecule has 1 aromatic rings. The number of hydrogen-bond donors (Lipinski definition) is 2. The lowest BCUT2D eigenvalue weighted by Crippen LogP contribution is -2.13. The number of hydrogen-bond acceptors (Lipinski definition) is 4. The topological polar surface area (TPSA) is 72.9 Å². The van der Waals surface area contributed by atoms with Gasteiger partial charge in [-0.05, 0) is 0 Å². The highest BCUT2D eigenvalue weighted by atomic mass is 32.2. The molecule has 1 atom stereocenters. The molecule has 0 saturated heterocycles. The van der Waals surface area contributed by atoms with Crippen molar-refractivity contribution in [3.63, 3.8) is 0 Å². The van der Waals surface area contributed by atoms with Crippen molar-refractivity contribution in [2.24, 2.45) is 7.05 Å². The number of nitrogens with zero attached hydrogens (tertiary/aromatic N) is 2. The van der Waals surface area contributed by atoms with Crippen LogP contribution in [0.3, 0.4) is 0 Å². The Morgan fingerprint density at radius 3 is 2.93 bits per heavy atom. The van der Waals surface area contributed by atoms with Crippen LogP contribution in [0.5, 0.6) is 0 Å². The minimum Gasteiger partial charge on any atom is -0.394 e. The van der Waals surface area contributed by atoms with Crippen LogP contribution in [0.4, 0.5) is 11.5 Å². The largest absolute Gasteiger partial charge is 0.394 e. The Morgan fingerprint density at radius 1 is 1.71 bits per heavy atom. The van der Waals surface area contributed by atoms with Crippen molar-refractivity contribution in [1.29, 1.82) is 0 Å². The highest BCUT2D eigenvalue weighted by molar-refractivity contribution is 7.84. The van der Waals surface area contributed by atoms with Crippen LogP contribution in [0, 0.1) is 0 Å². The first kappa shape index (κ1) is 11.0. The van der Waals surface area contributed by atoms with Crippen molar-refractivity contribution in [3.8, 4) is 0 Å². The van der Waals surface area contributed by atoms with E-state index < -0.39 is 10.8 Å². The van der Waals surface area contributed by atoms with E-state index in [1.54, 1.807) is 10.9 Å². The van der Waals surface area contributed by atoms with Crippen molar-refractivity contribution in [3.05, 3.63) is 6.20 Å². The van der Waals surface area contributed by atoms with Gasteiger partial charge in [-0.2, -0.15) is 5.10 Å². The maximum absolute atomic E-state index is 11.1. The molecule has 0 radical (unpaired) electrons. The Balaban J connectivity index is 2.38. The maximum atomic E-state index is 11.1. The fourth-order valence-corrected chi connectivity index (χ4v) is 1.69. The molecule has 0 aliphatic heterocycles. The van der Waals surface area contributed by atoms with Gasteiger partial charge in [0.25, 0.3) is 0 Å². The second kappa shape index (κ2) is 4.99. The normalized spacial score (nSPS) is 12.7. The summed E-state index contributed by atoms with van der Waals surface area (Å²) in [6.07, 6.45) is 1.74.